The first-order valence-corrected chi connectivity index (χ1v) is 7.89. The molecule has 3 rings (SSSR count). The Labute approximate surface area is 136 Å². The van der Waals surface area contributed by atoms with E-state index in [4.69, 9.17) is 0 Å². The minimum Gasteiger partial charge on any atom is -0.325 e. The zero-order chi connectivity index (χ0) is 16.4. The van der Waals surface area contributed by atoms with E-state index in [1.807, 2.05) is 54.8 Å². The predicted octanol–water partition coefficient (Wildman–Crippen LogP) is 3.85. The molecule has 23 heavy (non-hydrogen) atoms. The van der Waals surface area contributed by atoms with E-state index in [1.165, 1.54) is 0 Å². The number of aromatic nitrogens is 2. The Bertz CT molecular complexity index is 844. The second-order valence-corrected chi connectivity index (χ2v) is 5.88. The number of hydrogen-bond donors (Lipinski definition) is 1. The lowest BCUT2D eigenvalue weighted by molar-refractivity contribution is -0.116. The molecule has 1 heterocycles. The molecule has 2 aromatic carbocycles. The first-order chi connectivity index (χ1) is 11.1. The molecule has 0 atom stereocenters. The Kier molecular flexibility index (Phi) is 4.15. The van der Waals surface area contributed by atoms with E-state index in [-0.39, 0.29) is 12.5 Å². The van der Waals surface area contributed by atoms with Crippen molar-refractivity contribution in [2.75, 3.05) is 5.32 Å². The zero-order valence-electron chi connectivity index (χ0n) is 13.8. The number of imidazole rings is 1. The predicted molar refractivity (Wildman–Crippen MR) is 93.7 cm³/mol. The van der Waals surface area contributed by atoms with Crippen molar-refractivity contribution in [3.8, 4) is 0 Å². The van der Waals surface area contributed by atoms with Gasteiger partial charge in [-0.1, -0.05) is 25.1 Å². The molecule has 0 aliphatic heterocycles. The minimum absolute atomic E-state index is 0.0344. The van der Waals surface area contributed by atoms with Crippen molar-refractivity contribution in [3.05, 3.63) is 59.4 Å². The fourth-order valence-electron chi connectivity index (χ4n) is 2.96. The summed E-state index contributed by atoms with van der Waals surface area (Å²) in [7, 11) is 0. The molecule has 118 valence electrons. The van der Waals surface area contributed by atoms with Gasteiger partial charge in [-0.2, -0.15) is 0 Å². The van der Waals surface area contributed by atoms with Crippen LogP contribution < -0.4 is 5.32 Å². The van der Waals surface area contributed by atoms with Gasteiger partial charge in [0.05, 0.1) is 11.0 Å². The van der Waals surface area contributed by atoms with Gasteiger partial charge >= 0.3 is 0 Å². The van der Waals surface area contributed by atoms with Crippen LogP contribution in [0, 0.1) is 13.8 Å². The highest BCUT2D eigenvalue weighted by Crippen LogP contribution is 2.18. The first kappa shape index (κ1) is 15.3. The van der Waals surface area contributed by atoms with Crippen molar-refractivity contribution in [2.45, 2.75) is 33.7 Å². The van der Waals surface area contributed by atoms with Gasteiger partial charge in [-0.05, 0) is 49.2 Å². The molecule has 0 saturated carbocycles. The van der Waals surface area contributed by atoms with Crippen LogP contribution in [0.5, 0.6) is 0 Å². The molecular formula is C19H21N3O. The van der Waals surface area contributed by atoms with Crippen LogP contribution in [-0.2, 0) is 17.8 Å². The summed E-state index contributed by atoms with van der Waals surface area (Å²) in [5.41, 5.74) is 5.06. The highest BCUT2D eigenvalue weighted by atomic mass is 16.1. The number of nitrogens with zero attached hydrogens (tertiary/aromatic N) is 2. The number of carbonyl (C=O) groups is 1. The average Bonchev–Trinajstić information content (AvgIpc) is 2.84. The van der Waals surface area contributed by atoms with E-state index < -0.39 is 0 Å². The summed E-state index contributed by atoms with van der Waals surface area (Å²) in [6.07, 6.45) is 0.797. The molecule has 4 heteroatoms. The molecule has 0 fully saturated rings. The van der Waals surface area contributed by atoms with Gasteiger partial charge in [-0.3, -0.25) is 4.79 Å². The second kappa shape index (κ2) is 6.24. The Balaban J connectivity index is 1.85. The minimum atomic E-state index is -0.0344. The molecule has 0 bridgehead atoms. The van der Waals surface area contributed by atoms with E-state index in [0.717, 1.165) is 40.1 Å². The second-order valence-electron chi connectivity index (χ2n) is 5.88. The quantitative estimate of drug-likeness (QED) is 0.795. The van der Waals surface area contributed by atoms with Gasteiger partial charge in [0.2, 0.25) is 5.91 Å². The van der Waals surface area contributed by atoms with Crippen molar-refractivity contribution in [3.63, 3.8) is 0 Å². The van der Waals surface area contributed by atoms with Crippen LogP contribution in [0.3, 0.4) is 0 Å². The lowest BCUT2D eigenvalue weighted by Crippen LogP contribution is -2.20. The van der Waals surface area contributed by atoms with Gasteiger partial charge in [-0.25, -0.2) is 4.98 Å². The Hall–Kier alpha value is -2.62. The summed E-state index contributed by atoms with van der Waals surface area (Å²) in [5, 5.41) is 2.99. The topological polar surface area (TPSA) is 46.9 Å². The molecule has 0 radical (unpaired) electrons. The molecular weight excluding hydrogens is 286 g/mol. The maximum atomic E-state index is 12.5. The molecule has 0 saturated heterocycles. The molecule has 3 aromatic rings. The number of fused-ring (bicyclic) bond motifs is 1. The number of carbonyl (C=O) groups excluding carboxylic acids is 1. The lowest BCUT2D eigenvalue weighted by Gasteiger charge is -2.10. The van der Waals surface area contributed by atoms with Gasteiger partial charge in [-0.15, -0.1) is 0 Å². The lowest BCUT2D eigenvalue weighted by atomic mass is 10.1. The summed E-state index contributed by atoms with van der Waals surface area (Å²) >= 11 is 0. The maximum absolute atomic E-state index is 12.5. The van der Waals surface area contributed by atoms with Gasteiger partial charge in [0, 0.05) is 12.1 Å². The van der Waals surface area contributed by atoms with Crippen LogP contribution >= 0.6 is 0 Å². The number of anilines is 1. The average molecular weight is 307 g/mol. The van der Waals surface area contributed by atoms with Crippen LogP contribution in [0.1, 0.15) is 23.9 Å². The molecule has 1 amide bonds. The number of benzene rings is 2. The van der Waals surface area contributed by atoms with E-state index in [0.29, 0.717) is 0 Å². The molecule has 1 N–H and O–H groups in total. The molecule has 4 nitrogen and oxygen atoms in total. The van der Waals surface area contributed by atoms with E-state index in [2.05, 4.69) is 23.3 Å². The highest BCUT2D eigenvalue weighted by molar-refractivity contribution is 5.92. The van der Waals surface area contributed by atoms with E-state index in [9.17, 15) is 4.79 Å². The molecule has 0 aliphatic rings. The number of hydrogen-bond acceptors (Lipinski definition) is 2. The number of aryl methyl sites for hydroxylation is 3. The van der Waals surface area contributed by atoms with Crippen molar-refractivity contribution in [1.29, 1.82) is 0 Å². The number of rotatable bonds is 4. The molecule has 0 aliphatic carbocycles. The third-order valence-electron chi connectivity index (χ3n) is 3.86. The monoisotopic (exact) mass is 307 g/mol. The SMILES string of the molecule is CCc1nc2ccccc2n1CC(=O)Nc1cc(C)cc(C)c1. The number of amides is 1. The van der Waals surface area contributed by atoms with Crippen LogP contribution in [0.4, 0.5) is 5.69 Å². The summed E-state index contributed by atoms with van der Waals surface area (Å²) in [6, 6.07) is 14.0. The summed E-state index contributed by atoms with van der Waals surface area (Å²) in [4.78, 5) is 17.1. The van der Waals surface area contributed by atoms with Crippen LogP contribution in [0.15, 0.2) is 42.5 Å². The van der Waals surface area contributed by atoms with Crippen LogP contribution in [0.2, 0.25) is 0 Å². The fraction of sp³-hybridized carbons (Fsp3) is 0.263. The zero-order valence-corrected chi connectivity index (χ0v) is 13.8. The molecule has 1 aromatic heterocycles. The first-order valence-electron chi connectivity index (χ1n) is 7.89. The largest absolute Gasteiger partial charge is 0.325 e. The van der Waals surface area contributed by atoms with Crippen molar-refractivity contribution >= 4 is 22.6 Å². The number of nitrogens with one attached hydrogen (secondary N) is 1. The van der Waals surface area contributed by atoms with Gasteiger partial charge in [0.25, 0.3) is 0 Å². The summed E-state index contributed by atoms with van der Waals surface area (Å²) < 4.78 is 1.99. The Morgan fingerprint density at radius 3 is 2.52 bits per heavy atom. The normalized spacial score (nSPS) is 10.9. The standard InChI is InChI=1S/C19H21N3O/c1-4-18-21-16-7-5-6-8-17(16)22(18)12-19(23)20-15-10-13(2)9-14(3)11-15/h5-11H,4,12H2,1-3H3,(H,20,23). The van der Waals surface area contributed by atoms with Gasteiger partial charge in [0.15, 0.2) is 0 Å². The van der Waals surface area contributed by atoms with E-state index in [1.54, 1.807) is 0 Å². The molecule has 0 spiro atoms. The van der Waals surface area contributed by atoms with Gasteiger partial charge in [0.1, 0.15) is 12.4 Å². The Morgan fingerprint density at radius 2 is 1.83 bits per heavy atom. The third-order valence-corrected chi connectivity index (χ3v) is 3.86. The Morgan fingerprint density at radius 1 is 1.13 bits per heavy atom. The maximum Gasteiger partial charge on any atom is 0.244 e. The third kappa shape index (κ3) is 3.26. The summed E-state index contributed by atoms with van der Waals surface area (Å²) in [5.74, 6) is 0.898. The van der Waals surface area contributed by atoms with Crippen LogP contribution in [0.25, 0.3) is 11.0 Å². The molecule has 0 unspecified atom stereocenters. The van der Waals surface area contributed by atoms with Crippen molar-refractivity contribution in [1.82, 2.24) is 9.55 Å². The van der Waals surface area contributed by atoms with Gasteiger partial charge < -0.3 is 9.88 Å². The van der Waals surface area contributed by atoms with Crippen LogP contribution in [-0.4, -0.2) is 15.5 Å². The van der Waals surface area contributed by atoms with Crippen molar-refractivity contribution in [2.24, 2.45) is 0 Å². The van der Waals surface area contributed by atoms with E-state index >= 15 is 0 Å². The highest BCUT2D eigenvalue weighted by Gasteiger charge is 2.12. The smallest absolute Gasteiger partial charge is 0.244 e. The number of para-hydroxylation sites is 2. The van der Waals surface area contributed by atoms with Crippen molar-refractivity contribution < 1.29 is 4.79 Å². The summed E-state index contributed by atoms with van der Waals surface area (Å²) in [6.45, 7) is 6.39. The fourth-order valence-corrected chi connectivity index (χ4v) is 2.96.